The first-order chi connectivity index (χ1) is 14.6. The summed E-state index contributed by atoms with van der Waals surface area (Å²) in [6.07, 6.45) is -2.98. The third-order valence-corrected chi connectivity index (χ3v) is 5.99. The quantitative estimate of drug-likeness (QED) is 0.772. The fraction of sp³-hybridized carbons (Fsp3) is 0.450. The van der Waals surface area contributed by atoms with Crippen LogP contribution in [0.4, 0.5) is 18.0 Å². The second kappa shape index (κ2) is 8.16. The third-order valence-electron chi connectivity index (χ3n) is 5.77. The summed E-state index contributed by atoms with van der Waals surface area (Å²) in [6, 6.07) is 4.81. The van der Waals surface area contributed by atoms with Crippen LogP contribution in [0.2, 0.25) is 5.02 Å². The first-order valence-electron chi connectivity index (χ1n) is 9.80. The van der Waals surface area contributed by atoms with Gasteiger partial charge in [-0.15, -0.1) is 0 Å². The number of nitrogens with zero attached hydrogens (tertiary/aromatic N) is 4. The highest BCUT2D eigenvalue weighted by atomic mass is 35.5. The summed E-state index contributed by atoms with van der Waals surface area (Å²) in [6.45, 7) is 2.83. The van der Waals surface area contributed by atoms with E-state index in [0.29, 0.717) is 38.3 Å². The van der Waals surface area contributed by atoms with Crippen LogP contribution in [-0.4, -0.2) is 64.7 Å². The second-order valence-electron chi connectivity index (χ2n) is 7.97. The summed E-state index contributed by atoms with van der Waals surface area (Å²) in [5.41, 5.74) is -0.0614. The number of carbonyl (C=O) groups is 2. The maximum atomic E-state index is 13.0. The summed E-state index contributed by atoms with van der Waals surface area (Å²) in [5.74, 6) is 0.105. The van der Waals surface area contributed by atoms with E-state index in [4.69, 9.17) is 11.6 Å². The van der Waals surface area contributed by atoms with Crippen molar-refractivity contribution >= 4 is 23.5 Å². The summed E-state index contributed by atoms with van der Waals surface area (Å²) in [7, 11) is 1.49. The number of fused-ring (bicyclic) bond motifs is 1. The number of alkyl halides is 3. The van der Waals surface area contributed by atoms with Crippen molar-refractivity contribution in [2.75, 3.05) is 33.2 Å². The molecular weight excluding hydrogens is 435 g/mol. The lowest BCUT2D eigenvalue weighted by Crippen LogP contribution is -2.36. The molecule has 166 valence electrons. The van der Waals surface area contributed by atoms with Gasteiger partial charge in [0.05, 0.1) is 5.56 Å². The highest BCUT2D eigenvalue weighted by Crippen LogP contribution is 2.35. The first kappa shape index (κ1) is 21.6. The predicted molar refractivity (Wildman–Crippen MR) is 107 cm³/mol. The van der Waals surface area contributed by atoms with E-state index in [-0.39, 0.29) is 34.5 Å². The van der Waals surface area contributed by atoms with Crippen molar-refractivity contribution in [2.24, 2.45) is 11.8 Å². The molecule has 2 saturated heterocycles. The highest BCUT2D eigenvalue weighted by molar-refractivity contribution is 6.30. The molecular formula is C20H21ClF3N5O2. The van der Waals surface area contributed by atoms with E-state index in [1.807, 2.05) is 0 Å². The Morgan fingerprint density at radius 1 is 1.16 bits per heavy atom. The van der Waals surface area contributed by atoms with E-state index >= 15 is 0 Å². The maximum absolute atomic E-state index is 13.0. The van der Waals surface area contributed by atoms with E-state index in [1.54, 1.807) is 11.0 Å². The first-order valence-corrected chi connectivity index (χ1v) is 10.2. The largest absolute Gasteiger partial charge is 0.416 e. The molecule has 0 radical (unpaired) electrons. The van der Waals surface area contributed by atoms with E-state index in [2.05, 4.69) is 15.3 Å². The van der Waals surface area contributed by atoms with E-state index in [1.165, 1.54) is 19.3 Å². The Kier molecular flexibility index (Phi) is 5.69. The molecule has 1 aromatic carbocycles. The number of likely N-dealkylation sites (tertiary alicyclic amines) is 2. The molecule has 31 heavy (non-hydrogen) atoms. The fourth-order valence-electron chi connectivity index (χ4n) is 4.36. The molecule has 11 heteroatoms. The number of amides is 2. The molecule has 2 atom stereocenters. The van der Waals surface area contributed by atoms with Gasteiger partial charge in [-0.25, -0.2) is 4.79 Å². The Morgan fingerprint density at radius 3 is 2.45 bits per heavy atom. The smallest absolute Gasteiger partial charge is 0.354 e. The summed E-state index contributed by atoms with van der Waals surface area (Å²) in [4.78, 5) is 28.1. The van der Waals surface area contributed by atoms with Crippen LogP contribution < -0.4 is 5.32 Å². The van der Waals surface area contributed by atoms with Crippen molar-refractivity contribution < 1.29 is 22.8 Å². The Balaban J connectivity index is 1.36. The normalized spacial score (nSPS) is 21.4. The molecule has 2 unspecified atom stereocenters. The highest BCUT2D eigenvalue weighted by Gasteiger charge is 2.42. The van der Waals surface area contributed by atoms with Crippen LogP contribution in [0.1, 0.15) is 21.6 Å². The average Bonchev–Trinajstić information content (AvgIpc) is 3.40. The second-order valence-corrected chi connectivity index (χ2v) is 8.41. The number of carbonyl (C=O) groups excluding carboxylic acids is 2. The Hall–Kier alpha value is -2.59. The molecule has 0 bridgehead atoms. The topological polar surface area (TPSA) is 70.5 Å². The monoisotopic (exact) mass is 455 g/mol. The van der Waals surface area contributed by atoms with Gasteiger partial charge in [-0.3, -0.25) is 9.69 Å². The van der Waals surface area contributed by atoms with E-state index in [0.717, 1.165) is 16.8 Å². The molecule has 2 fully saturated rings. The van der Waals surface area contributed by atoms with Gasteiger partial charge in [0, 0.05) is 51.0 Å². The molecule has 0 saturated carbocycles. The minimum atomic E-state index is -4.44. The van der Waals surface area contributed by atoms with Crippen molar-refractivity contribution in [1.29, 1.82) is 0 Å². The van der Waals surface area contributed by atoms with Crippen LogP contribution in [-0.2, 0) is 12.7 Å². The molecule has 7 nitrogen and oxygen atoms in total. The number of aromatic nitrogens is 2. The van der Waals surface area contributed by atoms with Gasteiger partial charge in [0.25, 0.3) is 5.91 Å². The van der Waals surface area contributed by atoms with Gasteiger partial charge >= 0.3 is 12.2 Å². The number of nitrogens with one attached hydrogen (secondary N) is 1. The molecule has 2 aliphatic rings. The van der Waals surface area contributed by atoms with Gasteiger partial charge < -0.3 is 10.2 Å². The lowest BCUT2D eigenvalue weighted by molar-refractivity contribution is -0.137. The van der Waals surface area contributed by atoms with Gasteiger partial charge in [0.1, 0.15) is 0 Å². The Morgan fingerprint density at radius 2 is 1.84 bits per heavy atom. The van der Waals surface area contributed by atoms with Crippen molar-refractivity contribution in [2.45, 2.75) is 12.7 Å². The van der Waals surface area contributed by atoms with E-state index < -0.39 is 11.7 Å². The number of hydrogen-bond donors (Lipinski definition) is 1. The van der Waals surface area contributed by atoms with Gasteiger partial charge in [0.15, 0.2) is 5.69 Å². The molecule has 1 aromatic heterocycles. The maximum Gasteiger partial charge on any atom is 0.416 e. The van der Waals surface area contributed by atoms with Crippen LogP contribution in [0.5, 0.6) is 0 Å². The Bertz CT molecular complexity index is 995. The summed E-state index contributed by atoms with van der Waals surface area (Å²) < 4.78 is 40.3. The zero-order valence-electron chi connectivity index (χ0n) is 16.7. The molecule has 4 rings (SSSR count). The fourth-order valence-corrected chi connectivity index (χ4v) is 4.62. The number of benzene rings is 1. The van der Waals surface area contributed by atoms with Gasteiger partial charge in [-0.2, -0.15) is 23.0 Å². The Labute approximate surface area is 181 Å². The molecule has 2 aromatic rings. The number of hydrogen-bond acceptors (Lipinski definition) is 4. The molecule has 0 aliphatic carbocycles. The zero-order valence-corrected chi connectivity index (χ0v) is 17.5. The van der Waals surface area contributed by atoms with Gasteiger partial charge in [-0.1, -0.05) is 11.6 Å². The molecule has 0 spiro atoms. The summed E-state index contributed by atoms with van der Waals surface area (Å²) >= 11 is 5.88. The molecule has 3 heterocycles. The van der Waals surface area contributed by atoms with Crippen LogP contribution in [0, 0.1) is 11.8 Å². The summed E-state index contributed by atoms with van der Waals surface area (Å²) in [5, 5.41) is 6.55. The number of halogens is 4. The van der Waals surface area contributed by atoms with Crippen LogP contribution >= 0.6 is 11.6 Å². The zero-order chi connectivity index (χ0) is 22.3. The minimum Gasteiger partial charge on any atom is -0.354 e. The average molecular weight is 456 g/mol. The molecule has 2 amide bonds. The van der Waals surface area contributed by atoms with E-state index in [9.17, 15) is 22.8 Å². The predicted octanol–water partition coefficient (Wildman–Crippen LogP) is 2.95. The van der Waals surface area contributed by atoms with Crippen molar-refractivity contribution in [3.63, 3.8) is 0 Å². The van der Waals surface area contributed by atoms with Crippen LogP contribution in [0.15, 0.2) is 30.5 Å². The van der Waals surface area contributed by atoms with Crippen molar-refractivity contribution in [1.82, 2.24) is 24.9 Å². The van der Waals surface area contributed by atoms with Crippen LogP contribution in [0.3, 0.4) is 0 Å². The van der Waals surface area contributed by atoms with Crippen LogP contribution in [0.25, 0.3) is 0 Å². The lowest BCUT2D eigenvalue weighted by Gasteiger charge is -2.22. The lowest BCUT2D eigenvalue weighted by atomic mass is 10.0. The molecule has 1 N–H and O–H groups in total. The van der Waals surface area contributed by atoms with Crippen molar-refractivity contribution in [3.05, 3.63) is 52.3 Å². The third kappa shape index (κ3) is 4.54. The van der Waals surface area contributed by atoms with Gasteiger partial charge in [0.2, 0.25) is 0 Å². The number of rotatable bonds is 3. The SMILES string of the molecule is CNC(=O)c1ccn(C(=O)N2CC3CN(Cc4cc(Cl)cc(C(F)(F)F)c4)CC3C2)n1. The minimum absolute atomic E-state index is 0.0661. The standard InChI is InChI=1S/C20H21ClF3N5O2/c1-25-18(30)17-2-3-29(26-17)19(31)28-10-13-8-27(9-14(13)11-28)7-12-4-15(20(22,23)24)6-16(21)5-12/h2-6,13-14H,7-11H2,1H3,(H,25,30). The van der Waals surface area contributed by atoms with Crippen molar-refractivity contribution in [3.8, 4) is 0 Å². The van der Waals surface area contributed by atoms with Gasteiger partial charge in [-0.05, 0) is 41.7 Å². The molecule has 2 aliphatic heterocycles.